The molecule has 0 spiro atoms. The summed E-state index contributed by atoms with van der Waals surface area (Å²) < 4.78 is 29.1. The zero-order chi connectivity index (χ0) is 19.8. The summed E-state index contributed by atoms with van der Waals surface area (Å²) in [5.74, 6) is 0.318. The summed E-state index contributed by atoms with van der Waals surface area (Å²) in [5.41, 5.74) is -0.157. The van der Waals surface area contributed by atoms with E-state index in [0.29, 0.717) is 22.3 Å². The van der Waals surface area contributed by atoms with E-state index in [0.717, 1.165) is 19.3 Å². The maximum absolute atomic E-state index is 14.9. The van der Waals surface area contributed by atoms with Gasteiger partial charge in [-0.05, 0) is 78.4 Å². The summed E-state index contributed by atoms with van der Waals surface area (Å²) in [6.45, 7) is 11.6. The van der Waals surface area contributed by atoms with Gasteiger partial charge >= 0.3 is 7.12 Å². The zero-order valence-electron chi connectivity index (χ0n) is 17.0. The summed E-state index contributed by atoms with van der Waals surface area (Å²) in [6.07, 6.45) is 2.52. The molecule has 2 aliphatic rings. The first-order chi connectivity index (χ1) is 12.4. The molecule has 1 N–H and O–H groups in total. The SMILES string of the molecule is Cc1nc2c(F)cc(B3OC(C)(C)C(C)(C)O3)cc2n1[C@@H]1CCC[C@@]1(C)O. The predicted molar refractivity (Wildman–Crippen MR) is 104 cm³/mol. The molecule has 7 heteroatoms. The molecule has 0 unspecified atom stereocenters. The van der Waals surface area contributed by atoms with Crippen LogP contribution in [-0.2, 0) is 9.31 Å². The van der Waals surface area contributed by atoms with Gasteiger partial charge in [-0.1, -0.05) is 0 Å². The Bertz CT molecular complexity index is 890. The molecule has 1 aliphatic heterocycles. The van der Waals surface area contributed by atoms with Gasteiger partial charge in [0.15, 0.2) is 5.82 Å². The Labute approximate surface area is 160 Å². The molecule has 146 valence electrons. The molecule has 1 saturated heterocycles. The largest absolute Gasteiger partial charge is 0.495 e. The highest BCUT2D eigenvalue weighted by Crippen LogP contribution is 2.42. The third-order valence-electron chi connectivity index (χ3n) is 6.66. The van der Waals surface area contributed by atoms with E-state index in [1.165, 1.54) is 6.07 Å². The minimum atomic E-state index is -0.824. The number of rotatable bonds is 2. The number of halogens is 1. The zero-order valence-corrected chi connectivity index (χ0v) is 17.0. The molecule has 1 aromatic carbocycles. The van der Waals surface area contributed by atoms with Gasteiger partial charge in [-0.25, -0.2) is 9.37 Å². The second kappa shape index (κ2) is 5.78. The van der Waals surface area contributed by atoms with Crippen LogP contribution in [0, 0.1) is 12.7 Å². The van der Waals surface area contributed by atoms with Crippen molar-refractivity contribution in [2.24, 2.45) is 0 Å². The van der Waals surface area contributed by atoms with Gasteiger partial charge in [-0.2, -0.15) is 0 Å². The standard InChI is InChI=1S/C20H28BFN2O3/c1-12-23-17-14(22)10-13(21-26-18(2,3)19(4,5)27-21)11-15(17)24(12)16-8-7-9-20(16,6)25/h10-11,16,25H,7-9H2,1-6H3/t16-,20-/m1/s1. The number of benzene rings is 1. The van der Waals surface area contributed by atoms with Crippen molar-refractivity contribution in [1.29, 1.82) is 0 Å². The first-order valence-electron chi connectivity index (χ1n) is 9.69. The number of aromatic nitrogens is 2. The first-order valence-corrected chi connectivity index (χ1v) is 9.69. The summed E-state index contributed by atoms with van der Waals surface area (Å²) >= 11 is 0. The van der Waals surface area contributed by atoms with E-state index >= 15 is 0 Å². The fraction of sp³-hybridized carbons (Fsp3) is 0.650. The summed E-state index contributed by atoms with van der Waals surface area (Å²) in [6, 6.07) is 3.23. The van der Waals surface area contributed by atoms with Crippen LogP contribution in [0.15, 0.2) is 12.1 Å². The van der Waals surface area contributed by atoms with E-state index in [9.17, 15) is 9.50 Å². The Kier molecular flexibility index (Phi) is 4.05. The highest BCUT2D eigenvalue weighted by Gasteiger charge is 2.52. The topological polar surface area (TPSA) is 56.5 Å². The average molecular weight is 374 g/mol. The van der Waals surface area contributed by atoms with Gasteiger partial charge in [0.05, 0.1) is 28.4 Å². The molecule has 2 aromatic rings. The highest BCUT2D eigenvalue weighted by molar-refractivity contribution is 6.62. The van der Waals surface area contributed by atoms with Gasteiger partial charge in [0, 0.05) is 0 Å². The number of hydrogen-bond acceptors (Lipinski definition) is 4. The third kappa shape index (κ3) is 2.82. The normalized spacial score (nSPS) is 29.8. The van der Waals surface area contributed by atoms with Gasteiger partial charge < -0.3 is 19.0 Å². The van der Waals surface area contributed by atoms with Crippen molar-refractivity contribution >= 4 is 23.6 Å². The smallest absolute Gasteiger partial charge is 0.399 e. The molecular formula is C20H28BFN2O3. The van der Waals surface area contributed by atoms with Crippen LogP contribution in [0.25, 0.3) is 11.0 Å². The molecule has 1 aliphatic carbocycles. The van der Waals surface area contributed by atoms with Crippen LogP contribution in [0.1, 0.15) is 65.7 Å². The fourth-order valence-electron chi connectivity index (χ4n) is 4.34. The molecular weight excluding hydrogens is 346 g/mol. The minimum absolute atomic E-state index is 0.115. The van der Waals surface area contributed by atoms with Crippen molar-refractivity contribution in [3.8, 4) is 0 Å². The summed E-state index contributed by atoms with van der Waals surface area (Å²) in [4.78, 5) is 4.44. The van der Waals surface area contributed by atoms with Crippen LogP contribution in [0.3, 0.4) is 0 Å². The van der Waals surface area contributed by atoms with Crippen LogP contribution >= 0.6 is 0 Å². The average Bonchev–Trinajstić information content (AvgIpc) is 3.11. The van der Waals surface area contributed by atoms with E-state index in [1.54, 1.807) is 0 Å². The molecule has 1 aromatic heterocycles. The van der Waals surface area contributed by atoms with Crippen molar-refractivity contribution in [3.05, 3.63) is 23.8 Å². The quantitative estimate of drug-likeness (QED) is 0.820. The maximum Gasteiger partial charge on any atom is 0.495 e. The maximum atomic E-state index is 14.9. The monoisotopic (exact) mass is 374 g/mol. The van der Waals surface area contributed by atoms with E-state index in [1.807, 2.05) is 52.2 Å². The molecule has 0 bridgehead atoms. The summed E-state index contributed by atoms with van der Waals surface area (Å²) in [5, 5.41) is 10.8. The Morgan fingerprint density at radius 1 is 1.19 bits per heavy atom. The lowest BCUT2D eigenvalue weighted by Gasteiger charge is -2.32. The van der Waals surface area contributed by atoms with Crippen LogP contribution in [-0.4, -0.2) is 38.6 Å². The van der Waals surface area contributed by atoms with E-state index < -0.39 is 29.7 Å². The minimum Gasteiger partial charge on any atom is -0.399 e. The van der Waals surface area contributed by atoms with E-state index in [-0.39, 0.29) is 6.04 Å². The number of nitrogens with zero attached hydrogens (tertiary/aromatic N) is 2. The lowest BCUT2D eigenvalue weighted by molar-refractivity contribution is 0.00578. The van der Waals surface area contributed by atoms with Crippen molar-refractivity contribution in [1.82, 2.24) is 9.55 Å². The summed E-state index contributed by atoms with van der Waals surface area (Å²) in [7, 11) is -0.637. The number of aliphatic hydroxyl groups is 1. The Balaban J connectivity index is 1.83. The number of fused-ring (bicyclic) bond motifs is 1. The van der Waals surface area contributed by atoms with Crippen molar-refractivity contribution in [3.63, 3.8) is 0 Å². The Morgan fingerprint density at radius 2 is 1.81 bits per heavy atom. The second-order valence-corrected chi connectivity index (χ2v) is 9.25. The predicted octanol–water partition coefficient (Wildman–Crippen LogP) is 3.26. The molecule has 0 radical (unpaired) electrons. The van der Waals surface area contributed by atoms with Gasteiger partial charge in [0.1, 0.15) is 11.3 Å². The number of hydrogen-bond donors (Lipinski definition) is 1. The van der Waals surface area contributed by atoms with Crippen LogP contribution < -0.4 is 5.46 Å². The molecule has 2 fully saturated rings. The van der Waals surface area contributed by atoms with Crippen LogP contribution in [0.2, 0.25) is 0 Å². The first kappa shape index (κ1) is 18.9. The molecule has 27 heavy (non-hydrogen) atoms. The molecule has 5 nitrogen and oxygen atoms in total. The molecule has 1 saturated carbocycles. The van der Waals surface area contributed by atoms with Gasteiger partial charge in [0.25, 0.3) is 0 Å². The Morgan fingerprint density at radius 3 is 2.37 bits per heavy atom. The number of aryl methyl sites for hydroxylation is 1. The fourth-order valence-corrected chi connectivity index (χ4v) is 4.34. The van der Waals surface area contributed by atoms with E-state index in [2.05, 4.69) is 4.98 Å². The van der Waals surface area contributed by atoms with E-state index in [4.69, 9.17) is 9.31 Å². The van der Waals surface area contributed by atoms with Crippen molar-refractivity contribution < 1.29 is 18.8 Å². The Hall–Kier alpha value is -1.44. The second-order valence-electron chi connectivity index (χ2n) is 9.25. The lowest BCUT2D eigenvalue weighted by Crippen LogP contribution is -2.41. The van der Waals surface area contributed by atoms with Gasteiger partial charge in [-0.3, -0.25) is 0 Å². The van der Waals surface area contributed by atoms with Crippen LogP contribution in [0.5, 0.6) is 0 Å². The molecule has 4 rings (SSSR count). The van der Waals surface area contributed by atoms with Crippen LogP contribution in [0.4, 0.5) is 4.39 Å². The van der Waals surface area contributed by atoms with Gasteiger partial charge in [0.2, 0.25) is 0 Å². The molecule has 2 atom stereocenters. The third-order valence-corrected chi connectivity index (χ3v) is 6.66. The lowest BCUT2D eigenvalue weighted by atomic mass is 9.79. The van der Waals surface area contributed by atoms with Crippen molar-refractivity contribution in [2.45, 2.75) is 83.6 Å². The molecule has 2 heterocycles. The molecule has 0 amide bonds. The van der Waals surface area contributed by atoms with Gasteiger partial charge in [-0.15, -0.1) is 0 Å². The highest BCUT2D eigenvalue weighted by atomic mass is 19.1. The number of imidazole rings is 1. The van der Waals surface area contributed by atoms with Crippen molar-refractivity contribution in [2.75, 3.05) is 0 Å².